The lowest BCUT2D eigenvalue weighted by Gasteiger charge is -1.98. The minimum absolute atomic E-state index is 0.170. The lowest BCUT2D eigenvalue weighted by Crippen LogP contribution is -2.19. The summed E-state index contributed by atoms with van der Waals surface area (Å²) in [7, 11) is 1.23. The van der Waals surface area contributed by atoms with Crippen molar-refractivity contribution < 1.29 is 19.4 Å². The van der Waals surface area contributed by atoms with Gasteiger partial charge in [-0.2, -0.15) is 5.10 Å². The van der Waals surface area contributed by atoms with Gasteiger partial charge in [-0.15, -0.1) is 5.10 Å². The number of amides is 1. The molecule has 0 aromatic heterocycles. The minimum atomic E-state index is -0.613. The van der Waals surface area contributed by atoms with Crippen molar-refractivity contribution in [3.63, 3.8) is 0 Å². The van der Waals surface area contributed by atoms with Crippen molar-refractivity contribution in [1.29, 1.82) is 0 Å². The number of carbonyl (C=O) groups excluding carboxylic acids is 2. The second-order valence-electron chi connectivity index (χ2n) is 4.28. The first-order valence-electron chi connectivity index (χ1n) is 6.19. The first-order chi connectivity index (χ1) is 10.5. The van der Waals surface area contributed by atoms with Crippen molar-refractivity contribution in [2.45, 2.75) is 6.92 Å². The fraction of sp³-hybridized carbons (Fsp3) is 0.143. The molecule has 0 atom stereocenters. The lowest BCUT2D eigenvalue weighted by molar-refractivity contribution is -0.135. The fourth-order valence-corrected chi connectivity index (χ4v) is 2.23. The number of thioether (sulfide) groups is 1. The summed E-state index contributed by atoms with van der Waals surface area (Å²) in [6, 6.07) is 5.09. The second kappa shape index (κ2) is 6.90. The van der Waals surface area contributed by atoms with E-state index < -0.39 is 11.9 Å². The van der Waals surface area contributed by atoms with E-state index in [9.17, 15) is 14.7 Å². The number of hydrogen-bond acceptors (Lipinski definition) is 7. The minimum Gasteiger partial charge on any atom is -0.508 e. The highest BCUT2D eigenvalue weighted by molar-refractivity contribution is 8.18. The highest BCUT2D eigenvalue weighted by Gasteiger charge is 2.24. The van der Waals surface area contributed by atoms with Crippen LogP contribution in [0.1, 0.15) is 11.1 Å². The number of aryl methyl sites for hydroxylation is 1. The average molecular weight is 319 g/mol. The van der Waals surface area contributed by atoms with Crippen molar-refractivity contribution in [3.05, 3.63) is 40.3 Å². The molecule has 8 heteroatoms. The molecule has 1 fully saturated rings. The molecule has 1 saturated heterocycles. The Morgan fingerprint density at radius 3 is 2.91 bits per heavy atom. The number of rotatable bonds is 3. The molecule has 0 saturated carbocycles. The lowest BCUT2D eigenvalue weighted by atomic mass is 10.1. The number of hydrogen-bond donors (Lipinski definition) is 2. The molecule has 0 bridgehead atoms. The number of amidine groups is 1. The summed E-state index contributed by atoms with van der Waals surface area (Å²) in [4.78, 5) is 22.9. The molecule has 1 aromatic carbocycles. The molecular formula is C14H13N3O4S. The first kappa shape index (κ1) is 15.8. The van der Waals surface area contributed by atoms with Crippen LogP contribution >= 0.6 is 11.8 Å². The Hall–Kier alpha value is -2.61. The molecule has 1 aliphatic heterocycles. The van der Waals surface area contributed by atoms with Crippen LogP contribution in [0, 0.1) is 6.92 Å². The zero-order chi connectivity index (χ0) is 16.1. The van der Waals surface area contributed by atoms with Crippen LogP contribution in [-0.2, 0) is 14.3 Å². The van der Waals surface area contributed by atoms with Gasteiger partial charge in [0.2, 0.25) is 0 Å². The van der Waals surface area contributed by atoms with E-state index in [2.05, 4.69) is 20.3 Å². The zero-order valence-electron chi connectivity index (χ0n) is 11.9. The summed E-state index contributed by atoms with van der Waals surface area (Å²) < 4.78 is 4.45. The van der Waals surface area contributed by atoms with Crippen LogP contribution in [0.2, 0.25) is 0 Å². The van der Waals surface area contributed by atoms with Crippen molar-refractivity contribution in [2.75, 3.05) is 7.11 Å². The molecule has 1 aliphatic rings. The Bertz CT molecular complexity index is 710. The van der Waals surface area contributed by atoms with Crippen molar-refractivity contribution in [3.8, 4) is 5.75 Å². The Morgan fingerprint density at radius 1 is 1.45 bits per heavy atom. The van der Waals surface area contributed by atoms with Gasteiger partial charge >= 0.3 is 5.97 Å². The van der Waals surface area contributed by atoms with Gasteiger partial charge in [-0.1, -0.05) is 12.1 Å². The number of nitrogens with one attached hydrogen (secondary N) is 1. The number of benzene rings is 1. The fourth-order valence-electron chi connectivity index (χ4n) is 1.50. The highest BCUT2D eigenvalue weighted by Crippen LogP contribution is 2.23. The van der Waals surface area contributed by atoms with E-state index in [-0.39, 0.29) is 15.8 Å². The number of aromatic hydroxyl groups is 1. The monoisotopic (exact) mass is 319 g/mol. The van der Waals surface area contributed by atoms with Gasteiger partial charge in [0.05, 0.1) is 18.2 Å². The predicted molar refractivity (Wildman–Crippen MR) is 83.7 cm³/mol. The molecule has 1 heterocycles. The molecule has 2 N–H and O–H groups in total. The van der Waals surface area contributed by atoms with Crippen LogP contribution in [0.3, 0.4) is 0 Å². The van der Waals surface area contributed by atoms with Crippen molar-refractivity contribution in [2.24, 2.45) is 10.2 Å². The molecule has 1 aromatic rings. The van der Waals surface area contributed by atoms with Crippen LogP contribution in [0.15, 0.2) is 39.4 Å². The van der Waals surface area contributed by atoms with Gasteiger partial charge < -0.3 is 9.84 Å². The van der Waals surface area contributed by atoms with E-state index >= 15 is 0 Å². The van der Waals surface area contributed by atoms with Crippen LogP contribution in [-0.4, -0.2) is 35.5 Å². The van der Waals surface area contributed by atoms with E-state index in [1.165, 1.54) is 13.3 Å². The number of phenolic OH excluding ortho intramolecular Hbond substituents is 1. The van der Waals surface area contributed by atoms with Crippen molar-refractivity contribution >= 4 is 35.0 Å². The Balaban J connectivity index is 2.06. The third-order valence-electron chi connectivity index (χ3n) is 2.69. The molecule has 0 aliphatic carbocycles. The Morgan fingerprint density at radius 2 is 2.23 bits per heavy atom. The maximum absolute atomic E-state index is 11.6. The molecule has 7 nitrogen and oxygen atoms in total. The van der Waals surface area contributed by atoms with Crippen LogP contribution < -0.4 is 5.32 Å². The number of phenols is 1. The summed E-state index contributed by atoms with van der Waals surface area (Å²) in [6.45, 7) is 1.79. The third kappa shape index (κ3) is 3.95. The van der Waals surface area contributed by atoms with E-state index in [4.69, 9.17) is 0 Å². The largest absolute Gasteiger partial charge is 0.508 e. The van der Waals surface area contributed by atoms with E-state index in [1.807, 2.05) is 0 Å². The van der Waals surface area contributed by atoms with E-state index in [0.717, 1.165) is 23.4 Å². The topological polar surface area (TPSA) is 100 Å². The number of ether oxygens (including phenoxy) is 1. The van der Waals surface area contributed by atoms with Crippen LogP contribution in [0.4, 0.5) is 0 Å². The Labute approximate surface area is 130 Å². The summed E-state index contributed by atoms with van der Waals surface area (Å²) in [5, 5.41) is 20.0. The summed E-state index contributed by atoms with van der Waals surface area (Å²) in [5.74, 6) is -0.877. The van der Waals surface area contributed by atoms with Crippen LogP contribution in [0.5, 0.6) is 5.75 Å². The zero-order valence-corrected chi connectivity index (χ0v) is 12.7. The molecule has 0 unspecified atom stereocenters. The molecule has 1 amide bonds. The number of methoxy groups -OCH3 is 1. The molecule has 2 rings (SSSR count). The number of esters is 1. The van der Waals surface area contributed by atoms with Gasteiger partial charge in [0.1, 0.15) is 5.75 Å². The quantitative estimate of drug-likeness (QED) is 0.379. The van der Waals surface area contributed by atoms with E-state index in [1.54, 1.807) is 25.1 Å². The maximum atomic E-state index is 11.6. The molecule has 22 heavy (non-hydrogen) atoms. The second-order valence-corrected chi connectivity index (χ2v) is 5.31. The molecular weight excluding hydrogens is 306 g/mol. The van der Waals surface area contributed by atoms with Gasteiger partial charge in [0.25, 0.3) is 5.91 Å². The molecule has 0 spiro atoms. The van der Waals surface area contributed by atoms with Gasteiger partial charge in [0, 0.05) is 6.08 Å². The van der Waals surface area contributed by atoms with Crippen LogP contribution in [0.25, 0.3) is 0 Å². The van der Waals surface area contributed by atoms with E-state index in [0.29, 0.717) is 5.56 Å². The number of nitrogens with zero attached hydrogens (tertiary/aromatic N) is 2. The summed E-state index contributed by atoms with van der Waals surface area (Å²) >= 11 is 0.990. The number of carbonyl (C=O) groups is 2. The molecule has 114 valence electrons. The summed E-state index contributed by atoms with van der Waals surface area (Å²) in [6.07, 6.45) is 2.53. The normalized spacial score (nSPS) is 18.2. The van der Waals surface area contributed by atoms with Gasteiger partial charge in [0.15, 0.2) is 5.17 Å². The SMILES string of the molecule is COC(=O)/C=C1/S/C(=N\N=Cc2ccc(C)c(O)c2)NC1=O. The summed E-state index contributed by atoms with van der Waals surface area (Å²) in [5.41, 5.74) is 1.44. The standard InChI is InChI=1S/C14H13N3O4S/c1-8-3-4-9(5-10(8)18)7-15-17-14-16-13(20)11(22-14)6-12(19)21-2/h3-7,18H,1-2H3,(H,16,17,20)/b11-6+,15-7?. The van der Waals surface area contributed by atoms with Gasteiger partial charge in [-0.3, -0.25) is 10.1 Å². The molecule has 0 radical (unpaired) electrons. The predicted octanol–water partition coefficient (Wildman–Crippen LogP) is 1.31. The smallest absolute Gasteiger partial charge is 0.331 e. The maximum Gasteiger partial charge on any atom is 0.331 e. The van der Waals surface area contributed by atoms with Gasteiger partial charge in [-0.25, -0.2) is 4.79 Å². The highest BCUT2D eigenvalue weighted by atomic mass is 32.2. The third-order valence-corrected chi connectivity index (χ3v) is 3.59. The Kier molecular flexibility index (Phi) is 4.95. The first-order valence-corrected chi connectivity index (χ1v) is 7.00. The van der Waals surface area contributed by atoms with Gasteiger partial charge in [-0.05, 0) is 35.9 Å². The van der Waals surface area contributed by atoms with Crippen molar-refractivity contribution in [1.82, 2.24) is 5.32 Å². The average Bonchev–Trinajstić information content (AvgIpc) is 2.83.